The number of nitrogens with zero attached hydrogens (tertiary/aromatic N) is 5. The van der Waals surface area contributed by atoms with Crippen molar-refractivity contribution in [3.8, 4) is 0 Å². The Bertz CT molecular complexity index is 942. The van der Waals surface area contributed by atoms with Gasteiger partial charge in [0.1, 0.15) is 17.5 Å². The van der Waals surface area contributed by atoms with E-state index in [2.05, 4.69) is 15.4 Å². The standard InChI is InChI=1S/C19H22N6O2/c1-2-25-18(8-9-20-25)24-11-5-6-15(19(24)27)22-17(26)12-14-13-23-10-4-3-7-16(23)21-14/h3-4,7-10,13,15H,2,5-6,11-12H2,1H3,(H,22,26). The van der Waals surface area contributed by atoms with Crippen LogP contribution in [-0.2, 0) is 22.6 Å². The Kier molecular flexibility index (Phi) is 4.62. The van der Waals surface area contributed by atoms with Crippen LogP contribution in [0.3, 0.4) is 0 Å². The van der Waals surface area contributed by atoms with E-state index in [9.17, 15) is 9.59 Å². The molecule has 0 aromatic carbocycles. The number of anilines is 1. The topological polar surface area (TPSA) is 84.5 Å². The molecular formula is C19H22N6O2. The fraction of sp³-hybridized carbons (Fsp3) is 0.368. The van der Waals surface area contributed by atoms with Crippen molar-refractivity contribution < 1.29 is 9.59 Å². The third kappa shape index (κ3) is 3.42. The minimum atomic E-state index is -0.511. The van der Waals surface area contributed by atoms with E-state index in [4.69, 9.17) is 0 Å². The highest BCUT2D eigenvalue weighted by molar-refractivity contribution is 5.99. The molecule has 3 aromatic rings. The largest absolute Gasteiger partial charge is 0.344 e. The van der Waals surface area contributed by atoms with Crippen molar-refractivity contribution in [1.82, 2.24) is 24.5 Å². The Morgan fingerprint density at radius 3 is 3.04 bits per heavy atom. The van der Waals surface area contributed by atoms with Gasteiger partial charge in [0.15, 0.2) is 0 Å². The van der Waals surface area contributed by atoms with Gasteiger partial charge in [0.2, 0.25) is 5.91 Å². The van der Waals surface area contributed by atoms with Crippen LogP contribution in [0.1, 0.15) is 25.5 Å². The fourth-order valence-corrected chi connectivity index (χ4v) is 3.52. The highest BCUT2D eigenvalue weighted by Gasteiger charge is 2.32. The Morgan fingerprint density at radius 1 is 1.33 bits per heavy atom. The smallest absolute Gasteiger partial charge is 0.250 e. The molecule has 0 bridgehead atoms. The van der Waals surface area contributed by atoms with Gasteiger partial charge in [-0.25, -0.2) is 9.67 Å². The summed E-state index contributed by atoms with van der Waals surface area (Å²) in [5.41, 5.74) is 1.48. The van der Waals surface area contributed by atoms with E-state index in [0.717, 1.165) is 17.9 Å². The molecule has 140 valence electrons. The van der Waals surface area contributed by atoms with Gasteiger partial charge in [0, 0.05) is 31.5 Å². The van der Waals surface area contributed by atoms with Crippen LogP contribution in [0.25, 0.3) is 5.65 Å². The lowest BCUT2D eigenvalue weighted by atomic mass is 10.0. The van der Waals surface area contributed by atoms with E-state index in [-0.39, 0.29) is 18.2 Å². The molecule has 1 atom stereocenters. The first-order chi connectivity index (χ1) is 13.2. The zero-order chi connectivity index (χ0) is 18.8. The number of aryl methyl sites for hydroxylation is 1. The molecule has 2 amide bonds. The van der Waals surface area contributed by atoms with Crippen molar-refractivity contribution in [2.45, 2.75) is 38.8 Å². The van der Waals surface area contributed by atoms with Gasteiger partial charge in [0.05, 0.1) is 18.3 Å². The Morgan fingerprint density at radius 2 is 2.22 bits per heavy atom. The molecule has 27 heavy (non-hydrogen) atoms. The summed E-state index contributed by atoms with van der Waals surface area (Å²) < 4.78 is 3.67. The number of imidazole rings is 1. The maximum atomic E-state index is 12.9. The maximum absolute atomic E-state index is 12.9. The molecule has 3 aromatic heterocycles. The molecule has 4 rings (SSSR count). The third-order valence-corrected chi connectivity index (χ3v) is 4.80. The van der Waals surface area contributed by atoms with Crippen LogP contribution in [0.5, 0.6) is 0 Å². The first-order valence-corrected chi connectivity index (χ1v) is 9.21. The molecule has 0 radical (unpaired) electrons. The van der Waals surface area contributed by atoms with E-state index in [0.29, 0.717) is 25.2 Å². The van der Waals surface area contributed by atoms with Crippen molar-refractivity contribution in [2.24, 2.45) is 0 Å². The minimum absolute atomic E-state index is 0.0835. The summed E-state index contributed by atoms with van der Waals surface area (Å²) in [4.78, 5) is 31.5. The fourth-order valence-electron chi connectivity index (χ4n) is 3.52. The van der Waals surface area contributed by atoms with Crippen LogP contribution < -0.4 is 10.2 Å². The number of nitrogens with one attached hydrogen (secondary N) is 1. The zero-order valence-corrected chi connectivity index (χ0v) is 15.2. The summed E-state index contributed by atoms with van der Waals surface area (Å²) in [7, 11) is 0. The first-order valence-electron chi connectivity index (χ1n) is 9.21. The van der Waals surface area contributed by atoms with Gasteiger partial charge in [-0.1, -0.05) is 6.07 Å². The first kappa shape index (κ1) is 17.3. The number of carbonyl (C=O) groups is 2. The molecule has 1 N–H and O–H groups in total. The third-order valence-electron chi connectivity index (χ3n) is 4.80. The number of piperidine rings is 1. The summed E-state index contributed by atoms with van der Waals surface area (Å²) in [5, 5.41) is 7.11. The Labute approximate surface area is 156 Å². The van der Waals surface area contributed by atoms with Crippen molar-refractivity contribution in [1.29, 1.82) is 0 Å². The van der Waals surface area contributed by atoms with E-state index in [1.165, 1.54) is 0 Å². The normalized spacial score (nSPS) is 17.4. The lowest BCUT2D eigenvalue weighted by molar-refractivity contribution is -0.128. The monoisotopic (exact) mass is 366 g/mol. The number of aromatic nitrogens is 4. The predicted molar refractivity (Wildman–Crippen MR) is 100 cm³/mol. The Balaban J connectivity index is 1.43. The number of rotatable bonds is 5. The average molecular weight is 366 g/mol. The molecule has 1 aliphatic heterocycles. The summed E-state index contributed by atoms with van der Waals surface area (Å²) in [6, 6.07) is 7.03. The van der Waals surface area contributed by atoms with Crippen molar-refractivity contribution in [3.63, 3.8) is 0 Å². The molecule has 1 aliphatic rings. The SMILES string of the molecule is CCn1nccc1N1CCCC(NC(=O)Cc2cn3ccccc3n2)C1=O. The molecule has 4 heterocycles. The van der Waals surface area contributed by atoms with Crippen LogP contribution in [0, 0.1) is 0 Å². The summed E-state index contributed by atoms with van der Waals surface area (Å²) in [6.07, 6.45) is 7.05. The van der Waals surface area contributed by atoms with Crippen LogP contribution in [0.15, 0.2) is 42.9 Å². The van der Waals surface area contributed by atoms with E-state index in [1.54, 1.807) is 15.8 Å². The van der Waals surface area contributed by atoms with E-state index >= 15 is 0 Å². The Hall–Kier alpha value is -3.16. The van der Waals surface area contributed by atoms with E-state index in [1.807, 2.05) is 48.0 Å². The molecular weight excluding hydrogens is 344 g/mol. The number of pyridine rings is 1. The van der Waals surface area contributed by atoms with Gasteiger partial charge in [-0.3, -0.25) is 14.5 Å². The van der Waals surface area contributed by atoms with Gasteiger partial charge in [0.25, 0.3) is 5.91 Å². The molecule has 0 saturated carbocycles. The second kappa shape index (κ2) is 7.22. The molecule has 1 unspecified atom stereocenters. The van der Waals surface area contributed by atoms with Crippen LogP contribution in [-0.4, -0.2) is 43.6 Å². The van der Waals surface area contributed by atoms with E-state index < -0.39 is 6.04 Å². The molecule has 0 spiro atoms. The van der Waals surface area contributed by atoms with Crippen molar-refractivity contribution in [2.75, 3.05) is 11.4 Å². The minimum Gasteiger partial charge on any atom is -0.344 e. The number of amides is 2. The molecule has 1 saturated heterocycles. The number of hydrogen-bond acceptors (Lipinski definition) is 4. The average Bonchev–Trinajstić information content (AvgIpc) is 3.29. The highest BCUT2D eigenvalue weighted by atomic mass is 16.2. The lowest BCUT2D eigenvalue weighted by Crippen LogP contribution is -2.53. The van der Waals surface area contributed by atoms with Crippen molar-refractivity contribution >= 4 is 23.3 Å². The molecule has 0 aliphatic carbocycles. The van der Waals surface area contributed by atoms with Crippen LogP contribution in [0.4, 0.5) is 5.82 Å². The quantitative estimate of drug-likeness (QED) is 0.740. The number of fused-ring (bicyclic) bond motifs is 1. The van der Waals surface area contributed by atoms with Crippen LogP contribution >= 0.6 is 0 Å². The summed E-state index contributed by atoms with van der Waals surface area (Å²) in [5.74, 6) is 0.504. The maximum Gasteiger partial charge on any atom is 0.250 e. The van der Waals surface area contributed by atoms with Gasteiger partial charge in [-0.2, -0.15) is 5.10 Å². The van der Waals surface area contributed by atoms with Gasteiger partial charge in [-0.05, 0) is 31.9 Å². The van der Waals surface area contributed by atoms with Crippen molar-refractivity contribution in [3.05, 3.63) is 48.5 Å². The molecule has 1 fully saturated rings. The molecule has 8 nitrogen and oxygen atoms in total. The number of carbonyl (C=O) groups excluding carboxylic acids is 2. The highest BCUT2D eigenvalue weighted by Crippen LogP contribution is 2.21. The second-order valence-electron chi connectivity index (χ2n) is 6.63. The number of hydrogen-bond donors (Lipinski definition) is 1. The predicted octanol–water partition coefficient (Wildman–Crippen LogP) is 1.40. The summed E-state index contributed by atoms with van der Waals surface area (Å²) in [6.45, 7) is 3.32. The second-order valence-corrected chi connectivity index (χ2v) is 6.63. The van der Waals surface area contributed by atoms with Gasteiger partial charge < -0.3 is 9.72 Å². The van der Waals surface area contributed by atoms with Crippen LogP contribution in [0.2, 0.25) is 0 Å². The molecule has 8 heteroatoms. The lowest BCUT2D eigenvalue weighted by Gasteiger charge is -2.32. The summed E-state index contributed by atoms with van der Waals surface area (Å²) >= 11 is 0. The van der Waals surface area contributed by atoms with Gasteiger partial charge in [-0.15, -0.1) is 0 Å². The zero-order valence-electron chi connectivity index (χ0n) is 15.2. The van der Waals surface area contributed by atoms with Gasteiger partial charge >= 0.3 is 0 Å².